The summed E-state index contributed by atoms with van der Waals surface area (Å²) in [5.41, 5.74) is -1.34. The van der Waals surface area contributed by atoms with Gasteiger partial charge in [-0.15, -0.1) is 0 Å². The highest BCUT2D eigenvalue weighted by atomic mass is 19.4. The minimum Gasteiger partial charge on any atom is -0.370 e. The van der Waals surface area contributed by atoms with Crippen LogP contribution in [0.3, 0.4) is 0 Å². The third kappa shape index (κ3) is 1.71. The van der Waals surface area contributed by atoms with Crippen molar-refractivity contribution >= 4 is 5.69 Å². The van der Waals surface area contributed by atoms with Crippen molar-refractivity contribution in [2.24, 2.45) is 0 Å². The summed E-state index contributed by atoms with van der Waals surface area (Å²) in [5, 5.41) is 11.2. The number of halogens is 3. The number of hydrogen-bond acceptors (Lipinski definition) is 2. The van der Waals surface area contributed by atoms with Crippen molar-refractivity contribution in [1.82, 2.24) is 0 Å². The third-order valence-corrected chi connectivity index (χ3v) is 2.71. The molecule has 0 unspecified atom stereocenters. The fourth-order valence-corrected chi connectivity index (χ4v) is 1.55. The minimum atomic E-state index is -4.27. The summed E-state index contributed by atoms with van der Waals surface area (Å²) < 4.78 is 38.0. The van der Waals surface area contributed by atoms with Gasteiger partial charge < -0.3 is 5.32 Å². The molecular formula is C11H9F3N2. The summed E-state index contributed by atoms with van der Waals surface area (Å²) in [5.74, 6) is 0. The first-order valence-corrected chi connectivity index (χ1v) is 4.83. The molecule has 0 amide bonds. The van der Waals surface area contributed by atoms with E-state index in [1.807, 2.05) is 6.07 Å². The molecule has 0 spiro atoms. The maximum atomic E-state index is 12.7. The predicted octanol–water partition coefficient (Wildman–Crippen LogP) is 3.07. The number of nitrogens with zero attached hydrogens (tertiary/aromatic N) is 1. The van der Waals surface area contributed by atoms with E-state index in [-0.39, 0.29) is 24.1 Å². The maximum absolute atomic E-state index is 12.7. The van der Waals surface area contributed by atoms with Crippen LogP contribution in [0.15, 0.2) is 24.3 Å². The zero-order chi connectivity index (χ0) is 11.8. The molecule has 1 aromatic carbocycles. The predicted molar refractivity (Wildman–Crippen MR) is 52.8 cm³/mol. The molecule has 0 aromatic heterocycles. The van der Waals surface area contributed by atoms with Gasteiger partial charge in [0.2, 0.25) is 0 Å². The van der Waals surface area contributed by atoms with Crippen molar-refractivity contribution in [2.45, 2.75) is 24.6 Å². The summed E-state index contributed by atoms with van der Waals surface area (Å²) in [6.07, 6.45) is -4.14. The lowest BCUT2D eigenvalue weighted by atomic mass is 10.1. The van der Waals surface area contributed by atoms with Gasteiger partial charge in [-0.05, 0) is 25.0 Å². The summed E-state index contributed by atoms with van der Waals surface area (Å²) in [6.45, 7) is 0. The first-order chi connectivity index (χ1) is 7.48. The maximum Gasteiger partial charge on any atom is 0.411 e. The van der Waals surface area contributed by atoms with Crippen LogP contribution in [-0.2, 0) is 0 Å². The highest BCUT2D eigenvalue weighted by molar-refractivity contribution is 5.59. The largest absolute Gasteiger partial charge is 0.411 e. The molecule has 84 valence electrons. The molecule has 0 aliphatic heterocycles. The first kappa shape index (κ1) is 10.8. The number of hydrogen-bond donors (Lipinski definition) is 1. The highest BCUT2D eigenvalue weighted by Gasteiger charge is 2.63. The van der Waals surface area contributed by atoms with Crippen molar-refractivity contribution in [2.75, 3.05) is 5.32 Å². The van der Waals surface area contributed by atoms with E-state index < -0.39 is 11.7 Å². The number of benzene rings is 1. The third-order valence-electron chi connectivity index (χ3n) is 2.71. The van der Waals surface area contributed by atoms with Gasteiger partial charge in [-0.25, -0.2) is 0 Å². The van der Waals surface area contributed by atoms with Gasteiger partial charge in [0.25, 0.3) is 0 Å². The van der Waals surface area contributed by atoms with E-state index in [0.29, 0.717) is 0 Å². The normalized spacial score (nSPS) is 17.6. The zero-order valence-electron chi connectivity index (χ0n) is 8.30. The van der Waals surface area contributed by atoms with E-state index in [4.69, 9.17) is 5.26 Å². The lowest BCUT2D eigenvalue weighted by Gasteiger charge is -2.22. The fraction of sp³-hybridized carbons (Fsp3) is 0.364. The number of para-hydroxylation sites is 1. The molecule has 1 aliphatic rings. The number of nitriles is 1. The Morgan fingerprint density at radius 1 is 1.25 bits per heavy atom. The molecule has 1 aliphatic carbocycles. The smallest absolute Gasteiger partial charge is 0.370 e. The molecule has 2 nitrogen and oxygen atoms in total. The SMILES string of the molecule is N#Cc1ccccc1NC1(C(F)(F)F)CC1. The monoisotopic (exact) mass is 226 g/mol. The van der Waals surface area contributed by atoms with E-state index in [0.717, 1.165) is 0 Å². The molecule has 1 fully saturated rings. The quantitative estimate of drug-likeness (QED) is 0.841. The van der Waals surface area contributed by atoms with E-state index in [1.54, 1.807) is 12.1 Å². The van der Waals surface area contributed by atoms with Crippen LogP contribution in [0.2, 0.25) is 0 Å². The molecule has 1 saturated carbocycles. The van der Waals surface area contributed by atoms with Crippen molar-refractivity contribution in [3.05, 3.63) is 29.8 Å². The van der Waals surface area contributed by atoms with Gasteiger partial charge in [0.15, 0.2) is 0 Å². The Bertz CT molecular complexity index is 441. The summed E-state index contributed by atoms with van der Waals surface area (Å²) in [7, 11) is 0. The van der Waals surface area contributed by atoms with Crippen molar-refractivity contribution < 1.29 is 13.2 Å². The molecule has 0 radical (unpaired) electrons. The molecule has 1 N–H and O–H groups in total. The second-order valence-corrected chi connectivity index (χ2v) is 3.86. The van der Waals surface area contributed by atoms with Gasteiger partial charge in [-0.1, -0.05) is 12.1 Å². The number of nitrogens with one attached hydrogen (secondary N) is 1. The summed E-state index contributed by atoms with van der Waals surface area (Å²) >= 11 is 0. The second kappa shape index (κ2) is 3.41. The van der Waals surface area contributed by atoms with Crippen LogP contribution in [0.4, 0.5) is 18.9 Å². The minimum absolute atomic E-state index is 0.0657. The molecule has 2 rings (SSSR count). The van der Waals surface area contributed by atoms with Gasteiger partial charge >= 0.3 is 6.18 Å². The molecule has 0 heterocycles. The topological polar surface area (TPSA) is 35.8 Å². The van der Waals surface area contributed by atoms with Gasteiger partial charge in [0.1, 0.15) is 11.6 Å². The van der Waals surface area contributed by atoms with E-state index in [9.17, 15) is 13.2 Å². The van der Waals surface area contributed by atoms with Crippen molar-refractivity contribution in [3.63, 3.8) is 0 Å². The fourth-order valence-electron chi connectivity index (χ4n) is 1.55. The van der Waals surface area contributed by atoms with Gasteiger partial charge in [0.05, 0.1) is 11.3 Å². The number of alkyl halides is 3. The molecular weight excluding hydrogens is 217 g/mol. The lowest BCUT2D eigenvalue weighted by Crippen LogP contribution is -2.38. The molecule has 0 bridgehead atoms. The van der Waals surface area contributed by atoms with Crippen LogP contribution in [0.25, 0.3) is 0 Å². The van der Waals surface area contributed by atoms with Crippen molar-refractivity contribution in [1.29, 1.82) is 5.26 Å². The Labute approximate surface area is 90.7 Å². The molecule has 5 heteroatoms. The van der Waals surface area contributed by atoms with Crippen LogP contribution in [0.5, 0.6) is 0 Å². The van der Waals surface area contributed by atoms with E-state index in [1.165, 1.54) is 12.1 Å². The van der Waals surface area contributed by atoms with E-state index >= 15 is 0 Å². The van der Waals surface area contributed by atoms with Gasteiger partial charge in [0, 0.05) is 0 Å². The Balaban J connectivity index is 2.26. The number of anilines is 1. The first-order valence-electron chi connectivity index (χ1n) is 4.83. The molecule has 1 aromatic rings. The Hall–Kier alpha value is -1.70. The van der Waals surface area contributed by atoms with Gasteiger partial charge in [-0.2, -0.15) is 18.4 Å². The molecule has 16 heavy (non-hydrogen) atoms. The lowest BCUT2D eigenvalue weighted by molar-refractivity contribution is -0.151. The summed E-state index contributed by atoms with van der Waals surface area (Å²) in [6, 6.07) is 8.08. The van der Waals surface area contributed by atoms with Crippen LogP contribution in [0, 0.1) is 11.3 Å². The van der Waals surface area contributed by atoms with Crippen LogP contribution in [0.1, 0.15) is 18.4 Å². The Morgan fingerprint density at radius 2 is 1.88 bits per heavy atom. The highest BCUT2D eigenvalue weighted by Crippen LogP contribution is 2.51. The zero-order valence-corrected chi connectivity index (χ0v) is 8.30. The van der Waals surface area contributed by atoms with Gasteiger partial charge in [-0.3, -0.25) is 0 Å². The average Bonchev–Trinajstić information content (AvgIpc) is 2.99. The summed E-state index contributed by atoms with van der Waals surface area (Å²) in [4.78, 5) is 0. The van der Waals surface area contributed by atoms with Crippen LogP contribution >= 0.6 is 0 Å². The van der Waals surface area contributed by atoms with Crippen molar-refractivity contribution in [3.8, 4) is 6.07 Å². The number of rotatable bonds is 2. The molecule has 0 atom stereocenters. The Kier molecular flexibility index (Phi) is 2.30. The molecule has 0 saturated heterocycles. The standard InChI is InChI=1S/C11H9F3N2/c12-11(13,14)10(5-6-10)16-9-4-2-1-3-8(9)7-15/h1-4,16H,5-6H2. The second-order valence-electron chi connectivity index (χ2n) is 3.86. The van der Waals surface area contributed by atoms with E-state index in [2.05, 4.69) is 5.32 Å². The van der Waals surface area contributed by atoms with Crippen LogP contribution < -0.4 is 5.32 Å². The van der Waals surface area contributed by atoms with Crippen LogP contribution in [-0.4, -0.2) is 11.7 Å². The Morgan fingerprint density at radius 3 is 2.38 bits per heavy atom. The average molecular weight is 226 g/mol.